The van der Waals surface area contributed by atoms with E-state index in [-0.39, 0.29) is 12.7 Å². The zero-order chi connectivity index (χ0) is 7.40. The Balaban J connectivity index is 2.24. The van der Waals surface area contributed by atoms with Gasteiger partial charge in [-0.2, -0.15) is 0 Å². The first-order valence-electron chi connectivity index (χ1n) is 2.95. The monoisotopic (exact) mass is 144 g/mol. The lowest BCUT2D eigenvalue weighted by atomic mass is 10.3. The molecule has 0 aromatic heterocycles. The van der Waals surface area contributed by atoms with Crippen LogP contribution in [0.25, 0.3) is 0 Å². The Bertz CT molecular complexity index is 152. The fourth-order valence-corrected chi connectivity index (χ4v) is 0.694. The van der Waals surface area contributed by atoms with Crippen molar-refractivity contribution in [2.75, 3.05) is 6.61 Å². The molecule has 1 rings (SSSR count). The smallest absolute Gasteiger partial charge is 0.508 e. The molecule has 1 heterocycles. The van der Waals surface area contributed by atoms with Crippen LogP contribution in [0.1, 0.15) is 6.42 Å². The van der Waals surface area contributed by atoms with Gasteiger partial charge in [0.15, 0.2) is 0 Å². The predicted octanol–water partition coefficient (Wildman–Crippen LogP) is 0.984. The first-order valence-corrected chi connectivity index (χ1v) is 2.95. The van der Waals surface area contributed by atoms with E-state index in [0.717, 1.165) is 6.26 Å². The summed E-state index contributed by atoms with van der Waals surface area (Å²) in [4.78, 5) is 10.3. The van der Waals surface area contributed by atoms with Gasteiger partial charge in [0.1, 0.15) is 12.7 Å². The topological polar surface area (TPSA) is 55.8 Å². The van der Waals surface area contributed by atoms with Crippen molar-refractivity contribution in [1.29, 1.82) is 0 Å². The molecule has 0 spiro atoms. The Morgan fingerprint density at radius 2 is 2.60 bits per heavy atom. The number of cyclic esters (lactones) is 2. The molecule has 1 unspecified atom stereocenters. The van der Waals surface area contributed by atoms with E-state index in [4.69, 9.17) is 5.11 Å². The van der Waals surface area contributed by atoms with Crippen molar-refractivity contribution in [3.63, 3.8) is 0 Å². The molecule has 1 N–H and O–H groups in total. The molecule has 1 aliphatic rings. The SMILES string of the molecule is O=C1OCC(CC=CO)O1. The molecule has 0 aliphatic carbocycles. The lowest BCUT2D eigenvalue weighted by Gasteiger charge is -1.98. The Hall–Kier alpha value is -1.19. The van der Waals surface area contributed by atoms with Gasteiger partial charge in [0, 0.05) is 6.42 Å². The van der Waals surface area contributed by atoms with Gasteiger partial charge in [0.2, 0.25) is 0 Å². The second-order valence-electron chi connectivity index (χ2n) is 1.92. The van der Waals surface area contributed by atoms with Crippen LogP contribution in [0.4, 0.5) is 4.79 Å². The van der Waals surface area contributed by atoms with Crippen LogP contribution in [0.5, 0.6) is 0 Å². The molecule has 0 radical (unpaired) electrons. The van der Waals surface area contributed by atoms with Crippen molar-refractivity contribution >= 4 is 6.16 Å². The second kappa shape index (κ2) is 3.10. The van der Waals surface area contributed by atoms with Crippen molar-refractivity contribution in [3.05, 3.63) is 12.3 Å². The van der Waals surface area contributed by atoms with E-state index in [9.17, 15) is 4.79 Å². The fraction of sp³-hybridized carbons (Fsp3) is 0.500. The molecule has 4 nitrogen and oxygen atoms in total. The summed E-state index contributed by atoms with van der Waals surface area (Å²) in [6, 6.07) is 0. The fourth-order valence-electron chi connectivity index (χ4n) is 0.694. The van der Waals surface area contributed by atoms with Gasteiger partial charge in [-0.1, -0.05) is 0 Å². The van der Waals surface area contributed by atoms with Gasteiger partial charge in [0.05, 0.1) is 6.26 Å². The number of carbonyl (C=O) groups is 1. The molecule has 0 aromatic rings. The number of hydrogen-bond acceptors (Lipinski definition) is 4. The second-order valence-corrected chi connectivity index (χ2v) is 1.92. The molecule has 1 fully saturated rings. The van der Waals surface area contributed by atoms with Gasteiger partial charge in [-0.25, -0.2) is 4.79 Å². The zero-order valence-electron chi connectivity index (χ0n) is 5.32. The summed E-state index contributed by atoms with van der Waals surface area (Å²) >= 11 is 0. The molecule has 1 saturated heterocycles. The molecule has 0 bridgehead atoms. The maximum absolute atomic E-state index is 10.3. The van der Waals surface area contributed by atoms with Crippen molar-refractivity contribution in [2.45, 2.75) is 12.5 Å². The van der Waals surface area contributed by atoms with Crippen LogP contribution in [0.2, 0.25) is 0 Å². The predicted molar refractivity (Wildman–Crippen MR) is 32.6 cm³/mol. The molecule has 1 aliphatic heterocycles. The lowest BCUT2D eigenvalue weighted by molar-refractivity contribution is 0.118. The highest BCUT2D eigenvalue weighted by Crippen LogP contribution is 2.09. The molecule has 1 atom stereocenters. The van der Waals surface area contributed by atoms with Crippen molar-refractivity contribution < 1.29 is 19.4 Å². The highest BCUT2D eigenvalue weighted by atomic mass is 16.8. The summed E-state index contributed by atoms with van der Waals surface area (Å²) in [5.41, 5.74) is 0. The first kappa shape index (κ1) is 6.92. The summed E-state index contributed by atoms with van der Waals surface area (Å²) in [6.07, 6.45) is 2.08. The number of hydrogen-bond donors (Lipinski definition) is 1. The molecule has 56 valence electrons. The minimum absolute atomic E-state index is 0.226. The van der Waals surface area contributed by atoms with E-state index in [2.05, 4.69) is 9.47 Å². The Labute approximate surface area is 58.1 Å². The van der Waals surface area contributed by atoms with Crippen molar-refractivity contribution in [3.8, 4) is 0 Å². The number of carbonyl (C=O) groups excluding carboxylic acids is 1. The van der Waals surface area contributed by atoms with Gasteiger partial charge in [-0.05, 0) is 6.08 Å². The Morgan fingerprint density at radius 3 is 3.10 bits per heavy atom. The van der Waals surface area contributed by atoms with Crippen molar-refractivity contribution in [1.82, 2.24) is 0 Å². The minimum Gasteiger partial charge on any atom is -0.516 e. The van der Waals surface area contributed by atoms with Gasteiger partial charge in [-0.15, -0.1) is 0 Å². The van der Waals surface area contributed by atoms with E-state index in [1.54, 1.807) is 0 Å². The number of aliphatic hydroxyl groups is 1. The average Bonchev–Trinajstić information content (AvgIpc) is 2.31. The van der Waals surface area contributed by atoms with Crippen LogP contribution in [-0.4, -0.2) is 24.0 Å². The van der Waals surface area contributed by atoms with Gasteiger partial charge in [-0.3, -0.25) is 0 Å². The van der Waals surface area contributed by atoms with E-state index >= 15 is 0 Å². The van der Waals surface area contributed by atoms with Crippen LogP contribution >= 0.6 is 0 Å². The summed E-state index contributed by atoms with van der Waals surface area (Å²) in [6.45, 7) is 0.281. The maximum atomic E-state index is 10.3. The summed E-state index contributed by atoms with van der Waals surface area (Å²) in [5, 5.41) is 8.23. The Kier molecular flexibility index (Phi) is 2.15. The summed E-state index contributed by atoms with van der Waals surface area (Å²) in [7, 11) is 0. The number of aliphatic hydroxyl groups excluding tert-OH is 1. The highest BCUT2D eigenvalue weighted by molar-refractivity contribution is 5.61. The molecule has 0 amide bonds. The van der Waals surface area contributed by atoms with Crippen molar-refractivity contribution in [2.24, 2.45) is 0 Å². The van der Waals surface area contributed by atoms with E-state index in [0.29, 0.717) is 6.42 Å². The quantitative estimate of drug-likeness (QED) is 0.463. The normalized spacial score (nSPS) is 24.8. The summed E-state index contributed by atoms with van der Waals surface area (Å²) < 4.78 is 9.13. The largest absolute Gasteiger partial charge is 0.516 e. The molecular formula is C6H8O4. The van der Waals surface area contributed by atoms with Crippen LogP contribution in [0.15, 0.2) is 12.3 Å². The van der Waals surface area contributed by atoms with E-state index < -0.39 is 6.16 Å². The van der Waals surface area contributed by atoms with Crippen LogP contribution in [0.3, 0.4) is 0 Å². The highest BCUT2D eigenvalue weighted by Gasteiger charge is 2.23. The maximum Gasteiger partial charge on any atom is 0.508 e. The third-order valence-electron chi connectivity index (χ3n) is 1.15. The molecule has 0 saturated carbocycles. The van der Waals surface area contributed by atoms with Crippen LogP contribution in [0, 0.1) is 0 Å². The van der Waals surface area contributed by atoms with Gasteiger partial charge in [0.25, 0.3) is 0 Å². The first-order chi connectivity index (χ1) is 4.83. The molecule has 4 heteroatoms. The number of ether oxygens (including phenoxy) is 2. The molecular weight excluding hydrogens is 136 g/mol. The lowest BCUT2D eigenvalue weighted by Crippen LogP contribution is -2.07. The van der Waals surface area contributed by atoms with Crippen LogP contribution in [-0.2, 0) is 9.47 Å². The Morgan fingerprint density at radius 1 is 1.80 bits per heavy atom. The van der Waals surface area contributed by atoms with E-state index in [1.807, 2.05) is 0 Å². The van der Waals surface area contributed by atoms with Gasteiger partial charge < -0.3 is 14.6 Å². The number of rotatable bonds is 2. The average molecular weight is 144 g/mol. The van der Waals surface area contributed by atoms with Crippen LogP contribution < -0.4 is 0 Å². The molecule has 10 heavy (non-hydrogen) atoms. The standard InChI is InChI=1S/C6H8O4/c7-3-1-2-5-4-9-6(8)10-5/h1,3,5,7H,2,4H2. The third-order valence-corrected chi connectivity index (χ3v) is 1.15. The third kappa shape index (κ3) is 1.65. The minimum atomic E-state index is -0.628. The summed E-state index contributed by atoms with van der Waals surface area (Å²) in [5.74, 6) is 0. The van der Waals surface area contributed by atoms with E-state index in [1.165, 1.54) is 6.08 Å². The molecule has 0 aromatic carbocycles. The zero-order valence-corrected chi connectivity index (χ0v) is 5.32. The van der Waals surface area contributed by atoms with Gasteiger partial charge >= 0.3 is 6.16 Å².